The van der Waals surface area contributed by atoms with Gasteiger partial charge in [-0.2, -0.15) is 0 Å². The van der Waals surface area contributed by atoms with Crippen molar-refractivity contribution in [3.05, 3.63) is 46.5 Å². The molecule has 1 aromatic heterocycles. The summed E-state index contributed by atoms with van der Waals surface area (Å²) in [6.07, 6.45) is 0. The van der Waals surface area contributed by atoms with E-state index in [4.69, 9.17) is 0 Å². The second kappa shape index (κ2) is 6.16. The molecule has 0 atom stereocenters. The summed E-state index contributed by atoms with van der Waals surface area (Å²) in [7, 11) is 0. The van der Waals surface area contributed by atoms with Crippen molar-refractivity contribution in [1.82, 2.24) is 15.8 Å². The Balaban J connectivity index is 1.85. The third kappa shape index (κ3) is 3.55. The van der Waals surface area contributed by atoms with E-state index in [0.29, 0.717) is 10.7 Å². The largest absolute Gasteiger partial charge is 0.339 e. The number of carbonyl (C=O) groups excluding carboxylic acids is 2. The van der Waals surface area contributed by atoms with Gasteiger partial charge in [-0.05, 0) is 26.0 Å². The van der Waals surface area contributed by atoms with E-state index >= 15 is 0 Å². The molecule has 2 rings (SSSR count). The number of thiazole rings is 1. The van der Waals surface area contributed by atoms with E-state index in [1.54, 1.807) is 24.3 Å². The van der Waals surface area contributed by atoms with Crippen LogP contribution in [0.25, 0.3) is 0 Å². The summed E-state index contributed by atoms with van der Waals surface area (Å²) in [6.45, 7) is 3.79. The Kier molecular flexibility index (Phi) is 4.31. The molecule has 0 aliphatic heterocycles. The zero-order valence-corrected chi connectivity index (χ0v) is 11.9. The van der Waals surface area contributed by atoms with Crippen molar-refractivity contribution in [1.29, 1.82) is 0 Å². The molecule has 0 radical (unpaired) electrons. The molecule has 0 saturated heterocycles. The van der Waals surface area contributed by atoms with Gasteiger partial charge in [-0.25, -0.2) is 15.2 Å². The summed E-state index contributed by atoms with van der Waals surface area (Å²) in [5.74, 6) is -0.382. The Hall–Kier alpha value is -2.41. The van der Waals surface area contributed by atoms with Crippen LogP contribution < -0.4 is 16.2 Å². The van der Waals surface area contributed by atoms with Crippen LogP contribution in [0.1, 0.15) is 20.9 Å². The van der Waals surface area contributed by atoms with E-state index in [9.17, 15) is 9.59 Å². The molecule has 0 aliphatic carbocycles. The third-order valence-electron chi connectivity index (χ3n) is 2.57. The number of benzene rings is 1. The van der Waals surface area contributed by atoms with E-state index in [0.717, 1.165) is 10.6 Å². The first-order valence-electron chi connectivity index (χ1n) is 5.92. The lowest BCUT2D eigenvalue weighted by Crippen LogP contribution is -2.43. The Bertz CT molecular complexity index is 605. The van der Waals surface area contributed by atoms with Crippen molar-refractivity contribution >= 4 is 28.4 Å². The molecule has 2 aromatic rings. The second-order valence-electron chi connectivity index (χ2n) is 4.06. The molecule has 0 bridgehead atoms. The van der Waals surface area contributed by atoms with Crippen molar-refractivity contribution < 1.29 is 9.59 Å². The number of amides is 3. The van der Waals surface area contributed by atoms with Crippen molar-refractivity contribution in [3.63, 3.8) is 0 Å². The maximum absolute atomic E-state index is 11.7. The molecule has 6 nitrogen and oxygen atoms in total. The van der Waals surface area contributed by atoms with Crippen LogP contribution in [0.5, 0.6) is 0 Å². The molecule has 1 aromatic carbocycles. The number of hydrogen-bond acceptors (Lipinski definition) is 4. The molecule has 0 aliphatic rings. The number of anilines is 1. The van der Waals surface area contributed by atoms with Gasteiger partial charge in [0.15, 0.2) is 5.13 Å². The average Bonchev–Trinajstić information content (AvgIpc) is 2.75. The van der Waals surface area contributed by atoms with E-state index in [-0.39, 0.29) is 5.91 Å². The normalized spacial score (nSPS) is 9.90. The molecule has 0 saturated carbocycles. The summed E-state index contributed by atoms with van der Waals surface area (Å²) in [4.78, 5) is 28.5. The molecule has 7 heteroatoms. The molecule has 1 heterocycles. The number of rotatable bonds is 2. The zero-order chi connectivity index (χ0) is 14.5. The van der Waals surface area contributed by atoms with Gasteiger partial charge in [0.1, 0.15) is 0 Å². The van der Waals surface area contributed by atoms with Gasteiger partial charge in [0, 0.05) is 10.4 Å². The standard InChI is InChI=1S/C13H14N4O2S/c1-8-9(2)20-13(14-8)15-12(19)17-16-11(18)10-6-4-3-5-7-10/h3-7H,1-2H3,(H,16,18)(H2,14,15,17,19). The highest BCUT2D eigenvalue weighted by Crippen LogP contribution is 2.20. The average molecular weight is 290 g/mol. The molecule has 20 heavy (non-hydrogen) atoms. The zero-order valence-electron chi connectivity index (χ0n) is 11.1. The monoisotopic (exact) mass is 290 g/mol. The minimum Gasteiger partial charge on any atom is -0.282 e. The van der Waals surface area contributed by atoms with Crippen LogP contribution in [0.2, 0.25) is 0 Å². The van der Waals surface area contributed by atoms with E-state index in [1.807, 2.05) is 19.9 Å². The maximum Gasteiger partial charge on any atom is 0.339 e. The van der Waals surface area contributed by atoms with Crippen molar-refractivity contribution in [2.24, 2.45) is 0 Å². The van der Waals surface area contributed by atoms with Gasteiger partial charge in [0.25, 0.3) is 5.91 Å². The Morgan fingerprint density at radius 3 is 2.40 bits per heavy atom. The van der Waals surface area contributed by atoms with Crippen LogP contribution in [0, 0.1) is 13.8 Å². The van der Waals surface area contributed by atoms with Gasteiger partial charge in [-0.1, -0.05) is 18.2 Å². The molecular weight excluding hydrogens is 276 g/mol. The second-order valence-corrected chi connectivity index (χ2v) is 5.26. The van der Waals surface area contributed by atoms with Gasteiger partial charge in [-0.15, -0.1) is 11.3 Å². The summed E-state index contributed by atoms with van der Waals surface area (Å²) in [5.41, 5.74) is 5.93. The highest BCUT2D eigenvalue weighted by atomic mass is 32.1. The van der Waals surface area contributed by atoms with Crippen LogP contribution in [-0.4, -0.2) is 16.9 Å². The Morgan fingerprint density at radius 2 is 1.80 bits per heavy atom. The number of hydrazine groups is 1. The Labute approximate surface area is 120 Å². The summed E-state index contributed by atoms with van der Waals surface area (Å²) in [5, 5.41) is 3.05. The van der Waals surface area contributed by atoms with Gasteiger partial charge < -0.3 is 0 Å². The maximum atomic E-state index is 11.7. The summed E-state index contributed by atoms with van der Waals surface area (Å²) < 4.78 is 0. The number of nitrogens with one attached hydrogen (secondary N) is 3. The van der Waals surface area contributed by atoms with E-state index in [1.165, 1.54) is 11.3 Å². The predicted molar refractivity (Wildman–Crippen MR) is 77.7 cm³/mol. The lowest BCUT2D eigenvalue weighted by Gasteiger charge is -2.07. The topological polar surface area (TPSA) is 83.1 Å². The van der Waals surface area contributed by atoms with Crippen LogP contribution in [0.4, 0.5) is 9.93 Å². The lowest BCUT2D eigenvalue weighted by atomic mass is 10.2. The van der Waals surface area contributed by atoms with Crippen LogP contribution in [0.3, 0.4) is 0 Å². The first kappa shape index (κ1) is 14.0. The summed E-state index contributed by atoms with van der Waals surface area (Å²) in [6, 6.07) is 8.07. The number of urea groups is 1. The number of nitrogens with zero attached hydrogens (tertiary/aromatic N) is 1. The van der Waals surface area contributed by atoms with Crippen molar-refractivity contribution in [2.75, 3.05) is 5.32 Å². The molecule has 0 spiro atoms. The lowest BCUT2D eigenvalue weighted by molar-refractivity contribution is 0.0938. The third-order valence-corrected chi connectivity index (χ3v) is 3.56. The highest BCUT2D eigenvalue weighted by molar-refractivity contribution is 7.15. The first-order chi connectivity index (χ1) is 9.56. The van der Waals surface area contributed by atoms with Crippen LogP contribution in [-0.2, 0) is 0 Å². The highest BCUT2D eigenvalue weighted by Gasteiger charge is 2.09. The molecular formula is C13H14N4O2S. The minimum absolute atomic E-state index is 0.382. The fourth-order valence-electron chi connectivity index (χ4n) is 1.43. The quantitative estimate of drug-likeness (QED) is 0.742. The number of hydrogen-bond donors (Lipinski definition) is 3. The fraction of sp³-hybridized carbons (Fsp3) is 0.154. The van der Waals surface area contributed by atoms with Gasteiger partial charge in [0.2, 0.25) is 0 Å². The van der Waals surface area contributed by atoms with E-state index in [2.05, 4.69) is 21.2 Å². The van der Waals surface area contributed by atoms with Crippen molar-refractivity contribution in [3.8, 4) is 0 Å². The molecule has 3 N–H and O–H groups in total. The predicted octanol–water partition coefficient (Wildman–Crippen LogP) is 2.23. The fourth-order valence-corrected chi connectivity index (χ4v) is 2.24. The molecule has 0 unspecified atom stereocenters. The number of carbonyl (C=O) groups is 2. The van der Waals surface area contributed by atoms with E-state index < -0.39 is 6.03 Å². The molecule has 0 fully saturated rings. The summed E-state index contributed by atoms with van der Waals surface area (Å²) >= 11 is 1.38. The van der Waals surface area contributed by atoms with Gasteiger partial charge in [0.05, 0.1) is 5.69 Å². The number of aryl methyl sites for hydroxylation is 2. The molecule has 3 amide bonds. The van der Waals surface area contributed by atoms with Gasteiger partial charge >= 0.3 is 6.03 Å². The van der Waals surface area contributed by atoms with Gasteiger partial charge in [-0.3, -0.25) is 15.5 Å². The Morgan fingerprint density at radius 1 is 1.10 bits per heavy atom. The molecule has 104 valence electrons. The number of aromatic nitrogens is 1. The first-order valence-corrected chi connectivity index (χ1v) is 6.74. The van der Waals surface area contributed by atoms with Crippen LogP contribution in [0.15, 0.2) is 30.3 Å². The minimum atomic E-state index is -0.539. The van der Waals surface area contributed by atoms with Crippen LogP contribution >= 0.6 is 11.3 Å². The smallest absolute Gasteiger partial charge is 0.282 e. The SMILES string of the molecule is Cc1nc(NC(=O)NNC(=O)c2ccccc2)sc1C. The van der Waals surface area contributed by atoms with Crippen molar-refractivity contribution in [2.45, 2.75) is 13.8 Å².